The Morgan fingerprint density at radius 2 is 1.89 bits per heavy atom. The number of benzene rings is 1. The second kappa shape index (κ2) is 11.8. The van der Waals surface area contributed by atoms with Crippen LogP contribution in [0.25, 0.3) is 11.1 Å². The lowest BCUT2D eigenvalue weighted by molar-refractivity contribution is 0.102. The van der Waals surface area contributed by atoms with Gasteiger partial charge in [0.1, 0.15) is 11.5 Å². The second-order valence-corrected chi connectivity index (χ2v) is 9.23. The minimum Gasteiger partial charge on any atom is -0.330 e. The maximum atomic E-state index is 13.0. The van der Waals surface area contributed by atoms with Gasteiger partial charge in [-0.2, -0.15) is 0 Å². The molecule has 0 radical (unpaired) electrons. The first-order chi connectivity index (χ1) is 17.5. The first-order valence-corrected chi connectivity index (χ1v) is 12.9. The van der Waals surface area contributed by atoms with E-state index in [2.05, 4.69) is 54.3 Å². The van der Waals surface area contributed by atoms with E-state index in [9.17, 15) is 4.79 Å². The van der Waals surface area contributed by atoms with Crippen LogP contribution >= 0.6 is 0 Å². The first-order valence-electron chi connectivity index (χ1n) is 12.9. The number of allylic oxidation sites excluding steroid dienone is 1. The summed E-state index contributed by atoms with van der Waals surface area (Å²) in [6.45, 7) is 6.37. The summed E-state index contributed by atoms with van der Waals surface area (Å²) >= 11 is 0. The van der Waals surface area contributed by atoms with E-state index >= 15 is 0 Å². The molecule has 1 aliphatic carbocycles. The smallest absolute Gasteiger partial charge is 0.274 e. The average Bonchev–Trinajstić information content (AvgIpc) is 3.77. The van der Waals surface area contributed by atoms with Crippen molar-refractivity contribution in [3.05, 3.63) is 90.2 Å². The Hall–Kier alpha value is -3.80. The number of amidine groups is 1. The molecule has 0 atom stereocenters. The van der Waals surface area contributed by atoms with Gasteiger partial charge in [-0.3, -0.25) is 20.2 Å². The Kier molecular flexibility index (Phi) is 8.26. The largest absolute Gasteiger partial charge is 0.330 e. The Bertz CT molecular complexity index is 1230. The molecule has 6 heteroatoms. The normalized spacial score (nSPS) is 13.2. The van der Waals surface area contributed by atoms with Gasteiger partial charge in [0.2, 0.25) is 0 Å². The van der Waals surface area contributed by atoms with Crippen LogP contribution in [0.2, 0.25) is 0 Å². The molecule has 0 bridgehead atoms. The minimum atomic E-state index is -0.286. The lowest BCUT2D eigenvalue weighted by Crippen LogP contribution is -2.35. The standard InChI is InChI=1S/C30H35N5O/c1-4-7-17-35(26(5-2)6-3)29(31)23-9-8-10-25(18-23)34-30(36)28-19-22(15-16-32-28)24-13-14-27(33-20-24)21-11-12-21/h7-10,13-21,26,31H,4-6,11-12H2,1-3H3,(H,34,36)/b17-7+,31-29?. The predicted molar refractivity (Wildman–Crippen MR) is 146 cm³/mol. The molecule has 0 aliphatic heterocycles. The maximum absolute atomic E-state index is 13.0. The second-order valence-electron chi connectivity index (χ2n) is 9.23. The monoisotopic (exact) mass is 481 g/mol. The van der Waals surface area contributed by atoms with E-state index in [4.69, 9.17) is 5.41 Å². The Morgan fingerprint density at radius 1 is 1.08 bits per heavy atom. The molecule has 2 aromatic heterocycles. The Labute approximate surface area is 214 Å². The van der Waals surface area contributed by atoms with Crippen LogP contribution in [-0.4, -0.2) is 32.7 Å². The molecule has 36 heavy (non-hydrogen) atoms. The molecule has 0 unspecified atom stereocenters. The highest BCUT2D eigenvalue weighted by molar-refractivity contribution is 6.04. The third kappa shape index (κ3) is 6.06. The van der Waals surface area contributed by atoms with Gasteiger partial charge in [-0.25, -0.2) is 0 Å². The fraction of sp³-hybridized carbons (Fsp3) is 0.333. The van der Waals surface area contributed by atoms with Gasteiger partial charge < -0.3 is 10.2 Å². The number of rotatable bonds is 10. The van der Waals surface area contributed by atoms with Gasteiger partial charge in [0.25, 0.3) is 5.91 Å². The molecular weight excluding hydrogens is 446 g/mol. The Morgan fingerprint density at radius 3 is 2.56 bits per heavy atom. The predicted octanol–water partition coefficient (Wildman–Crippen LogP) is 7.01. The molecule has 1 fully saturated rings. The zero-order chi connectivity index (χ0) is 25.5. The van der Waals surface area contributed by atoms with E-state index in [1.54, 1.807) is 12.3 Å². The molecule has 6 nitrogen and oxygen atoms in total. The van der Waals surface area contributed by atoms with Gasteiger partial charge in [0.05, 0.1) is 0 Å². The molecule has 0 saturated heterocycles. The van der Waals surface area contributed by atoms with Crippen molar-refractivity contribution in [2.75, 3.05) is 5.32 Å². The van der Waals surface area contributed by atoms with E-state index in [1.165, 1.54) is 12.8 Å². The van der Waals surface area contributed by atoms with Crippen LogP contribution in [0.3, 0.4) is 0 Å². The summed E-state index contributed by atoms with van der Waals surface area (Å²) in [4.78, 5) is 24.0. The molecule has 2 N–H and O–H groups in total. The number of pyridine rings is 2. The van der Waals surface area contributed by atoms with E-state index in [0.29, 0.717) is 23.1 Å². The van der Waals surface area contributed by atoms with Crippen molar-refractivity contribution in [1.29, 1.82) is 5.41 Å². The number of hydrogen-bond donors (Lipinski definition) is 2. The van der Waals surface area contributed by atoms with Crippen molar-refractivity contribution in [3.63, 3.8) is 0 Å². The molecule has 3 aromatic rings. The van der Waals surface area contributed by atoms with E-state index in [1.807, 2.05) is 47.6 Å². The van der Waals surface area contributed by atoms with Gasteiger partial charge in [-0.15, -0.1) is 0 Å². The van der Waals surface area contributed by atoms with Gasteiger partial charge in [0.15, 0.2) is 0 Å². The number of hydrogen-bond acceptors (Lipinski definition) is 4. The van der Waals surface area contributed by atoms with Crippen molar-refractivity contribution in [2.24, 2.45) is 0 Å². The number of amides is 1. The number of aromatic nitrogens is 2. The van der Waals surface area contributed by atoms with E-state index in [0.717, 1.165) is 41.6 Å². The molecule has 186 valence electrons. The molecule has 4 rings (SSSR count). The van der Waals surface area contributed by atoms with Crippen LogP contribution in [0, 0.1) is 5.41 Å². The number of carbonyl (C=O) groups excluding carboxylic acids is 1. The number of nitrogens with one attached hydrogen (secondary N) is 2. The highest BCUT2D eigenvalue weighted by Crippen LogP contribution is 2.39. The van der Waals surface area contributed by atoms with Crippen molar-refractivity contribution < 1.29 is 4.79 Å². The fourth-order valence-corrected chi connectivity index (χ4v) is 4.30. The van der Waals surface area contributed by atoms with Crippen LogP contribution < -0.4 is 5.32 Å². The fourth-order valence-electron chi connectivity index (χ4n) is 4.30. The summed E-state index contributed by atoms with van der Waals surface area (Å²) in [5.74, 6) is 0.747. The topological polar surface area (TPSA) is 82.0 Å². The number of nitrogens with zero attached hydrogens (tertiary/aromatic N) is 3. The molecular formula is C30H35N5O. The van der Waals surface area contributed by atoms with Gasteiger partial charge in [-0.05, 0) is 68.0 Å². The molecule has 0 spiro atoms. The van der Waals surface area contributed by atoms with Crippen molar-refractivity contribution in [2.45, 2.75) is 64.8 Å². The summed E-state index contributed by atoms with van der Waals surface area (Å²) in [7, 11) is 0. The van der Waals surface area contributed by atoms with Crippen LogP contribution in [0.1, 0.15) is 80.5 Å². The summed E-state index contributed by atoms with van der Waals surface area (Å²) < 4.78 is 0. The van der Waals surface area contributed by atoms with Crippen molar-refractivity contribution >= 4 is 17.4 Å². The molecule has 2 heterocycles. The van der Waals surface area contributed by atoms with Crippen molar-refractivity contribution in [3.8, 4) is 11.1 Å². The maximum Gasteiger partial charge on any atom is 0.274 e. The first kappa shape index (κ1) is 25.3. The van der Waals surface area contributed by atoms with Crippen LogP contribution in [-0.2, 0) is 0 Å². The summed E-state index contributed by atoms with van der Waals surface area (Å²) in [6.07, 6.45) is 12.9. The summed E-state index contributed by atoms with van der Waals surface area (Å²) in [6, 6.07) is 15.5. The highest BCUT2D eigenvalue weighted by atomic mass is 16.1. The zero-order valence-corrected chi connectivity index (χ0v) is 21.4. The van der Waals surface area contributed by atoms with Crippen LogP contribution in [0.4, 0.5) is 5.69 Å². The SMILES string of the molecule is CC/C=C/N(C(=N)c1cccc(NC(=O)c2cc(-c3ccc(C4CC4)nc3)ccn2)c1)C(CC)CC. The quantitative estimate of drug-likeness (QED) is 0.241. The number of carbonyl (C=O) groups is 1. The van der Waals surface area contributed by atoms with Crippen LogP contribution in [0.15, 0.2) is 73.2 Å². The zero-order valence-electron chi connectivity index (χ0n) is 21.4. The van der Waals surface area contributed by atoms with Gasteiger partial charge in [0, 0.05) is 53.1 Å². The number of anilines is 1. The Balaban J connectivity index is 1.50. The lowest BCUT2D eigenvalue weighted by Gasteiger charge is -2.30. The summed E-state index contributed by atoms with van der Waals surface area (Å²) in [5.41, 5.74) is 4.74. The highest BCUT2D eigenvalue weighted by Gasteiger charge is 2.24. The van der Waals surface area contributed by atoms with E-state index < -0.39 is 0 Å². The van der Waals surface area contributed by atoms with Gasteiger partial charge in [-0.1, -0.05) is 45.0 Å². The van der Waals surface area contributed by atoms with E-state index in [-0.39, 0.29) is 11.9 Å². The molecule has 1 saturated carbocycles. The van der Waals surface area contributed by atoms with Gasteiger partial charge >= 0.3 is 0 Å². The lowest BCUT2D eigenvalue weighted by atomic mass is 10.1. The minimum absolute atomic E-state index is 0.248. The molecule has 1 amide bonds. The molecule has 1 aromatic carbocycles. The molecule has 1 aliphatic rings. The third-order valence-corrected chi connectivity index (χ3v) is 6.60. The average molecular weight is 482 g/mol. The summed E-state index contributed by atoms with van der Waals surface area (Å²) in [5, 5.41) is 11.8. The van der Waals surface area contributed by atoms with Crippen molar-refractivity contribution in [1.82, 2.24) is 14.9 Å². The third-order valence-electron chi connectivity index (χ3n) is 6.60. The van der Waals surface area contributed by atoms with Crippen LogP contribution in [0.5, 0.6) is 0 Å².